The van der Waals surface area contributed by atoms with Crippen LogP contribution in [0, 0.1) is 0 Å². The van der Waals surface area contributed by atoms with Gasteiger partial charge in [-0.25, -0.2) is 0 Å². The fraction of sp³-hybridized carbons (Fsp3) is 0.182. The number of H-pyrrole nitrogens is 1. The number of hydrogen-bond acceptors (Lipinski definition) is 2. The van der Waals surface area contributed by atoms with E-state index in [1.54, 1.807) is 24.3 Å². The lowest BCUT2D eigenvalue weighted by Crippen LogP contribution is -2.10. The Hall–Kier alpha value is -3.35. The molecule has 0 saturated heterocycles. The van der Waals surface area contributed by atoms with E-state index in [1.807, 2.05) is 29.4 Å². The first-order chi connectivity index (χ1) is 13.8. The zero-order valence-electron chi connectivity index (χ0n) is 15.9. The van der Waals surface area contributed by atoms with Crippen LogP contribution in [-0.2, 0) is 11.0 Å². The maximum atomic E-state index is 13.3. The minimum Gasteiger partial charge on any atom is -0.305 e. The Balaban J connectivity index is 1.82. The van der Waals surface area contributed by atoms with Crippen molar-refractivity contribution in [3.8, 4) is 11.1 Å². The molecule has 0 saturated carbocycles. The van der Waals surface area contributed by atoms with E-state index in [0.717, 1.165) is 5.56 Å². The van der Waals surface area contributed by atoms with Crippen LogP contribution in [0.1, 0.15) is 36.6 Å². The van der Waals surface area contributed by atoms with Crippen LogP contribution in [0.4, 0.5) is 19.0 Å². The van der Waals surface area contributed by atoms with Gasteiger partial charge in [0.25, 0.3) is 0 Å². The number of alkyl halides is 3. The third-order valence-corrected chi connectivity index (χ3v) is 4.38. The number of aromatic amines is 1. The summed E-state index contributed by atoms with van der Waals surface area (Å²) in [5.41, 5.74) is 1.09. The van der Waals surface area contributed by atoms with Crippen molar-refractivity contribution in [3.05, 3.63) is 77.5 Å². The number of halogens is 3. The van der Waals surface area contributed by atoms with Crippen LogP contribution in [0.3, 0.4) is 0 Å². The zero-order valence-corrected chi connectivity index (χ0v) is 15.9. The van der Waals surface area contributed by atoms with Gasteiger partial charge in [0.05, 0.1) is 5.56 Å². The summed E-state index contributed by atoms with van der Waals surface area (Å²) >= 11 is 0. The molecule has 29 heavy (non-hydrogen) atoms. The van der Waals surface area contributed by atoms with Crippen molar-refractivity contribution in [3.63, 3.8) is 0 Å². The normalized spacial score (nSPS) is 11.9. The van der Waals surface area contributed by atoms with Crippen LogP contribution in [0.2, 0.25) is 0 Å². The molecule has 0 fully saturated rings. The average molecular weight is 399 g/mol. The highest BCUT2D eigenvalue weighted by molar-refractivity contribution is 6.03. The number of anilines is 1. The van der Waals surface area contributed by atoms with Gasteiger partial charge >= 0.3 is 6.18 Å². The zero-order chi connectivity index (χ0) is 21.0. The molecule has 3 aromatic rings. The molecule has 0 bridgehead atoms. The average Bonchev–Trinajstić information content (AvgIpc) is 3.11. The van der Waals surface area contributed by atoms with Gasteiger partial charge in [-0.15, -0.1) is 0 Å². The number of carbonyl (C=O) groups is 1. The molecule has 2 aromatic carbocycles. The molecule has 0 aliphatic heterocycles. The highest BCUT2D eigenvalue weighted by atomic mass is 19.4. The van der Waals surface area contributed by atoms with Gasteiger partial charge in [-0.1, -0.05) is 68.4 Å². The van der Waals surface area contributed by atoms with E-state index in [-0.39, 0.29) is 11.4 Å². The number of aromatic nitrogens is 2. The molecule has 3 rings (SSSR count). The van der Waals surface area contributed by atoms with E-state index in [4.69, 9.17) is 0 Å². The highest BCUT2D eigenvalue weighted by Crippen LogP contribution is 2.39. The molecule has 0 aliphatic carbocycles. The monoisotopic (exact) mass is 399 g/mol. The molecule has 0 spiro atoms. The van der Waals surface area contributed by atoms with Crippen molar-refractivity contribution in [1.29, 1.82) is 0 Å². The van der Waals surface area contributed by atoms with E-state index < -0.39 is 17.8 Å². The maximum Gasteiger partial charge on any atom is 0.433 e. The maximum absolute atomic E-state index is 13.3. The van der Waals surface area contributed by atoms with E-state index in [1.165, 1.54) is 23.8 Å². The van der Waals surface area contributed by atoms with E-state index >= 15 is 0 Å². The van der Waals surface area contributed by atoms with Gasteiger partial charge in [-0.3, -0.25) is 9.89 Å². The Morgan fingerprint density at radius 3 is 2.31 bits per heavy atom. The molecule has 150 valence electrons. The Bertz CT molecular complexity index is 1000. The summed E-state index contributed by atoms with van der Waals surface area (Å²) < 4.78 is 40.0. The van der Waals surface area contributed by atoms with E-state index in [0.29, 0.717) is 11.5 Å². The molecule has 0 atom stereocenters. The molecule has 4 nitrogen and oxygen atoms in total. The lowest BCUT2D eigenvalue weighted by molar-refractivity contribution is -0.140. The Kier molecular flexibility index (Phi) is 5.87. The van der Waals surface area contributed by atoms with Crippen molar-refractivity contribution in [2.75, 3.05) is 5.32 Å². The van der Waals surface area contributed by atoms with Gasteiger partial charge in [0.2, 0.25) is 5.91 Å². The highest BCUT2D eigenvalue weighted by Gasteiger charge is 2.38. The first-order valence-electron chi connectivity index (χ1n) is 9.05. The first-order valence-corrected chi connectivity index (χ1v) is 9.05. The smallest absolute Gasteiger partial charge is 0.305 e. The van der Waals surface area contributed by atoms with E-state index in [2.05, 4.69) is 24.3 Å². The predicted octanol–water partition coefficient (Wildman–Crippen LogP) is 5.87. The Labute approximate surface area is 166 Å². The van der Waals surface area contributed by atoms with Gasteiger partial charge in [0.15, 0.2) is 5.82 Å². The predicted molar refractivity (Wildman–Crippen MR) is 107 cm³/mol. The SMILES string of the molecule is CC(C)c1ccc(/C=C/C(=O)Nc2n[nH]c(C(F)(F)F)c2-c2ccccc2)cc1. The number of nitrogens with one attached hydrogen (secondary N) is 2. The summed E-state index contributed by atoms with van der Waals surface area (Å²) in [5.74, 6) is -0.348. The number of carbonyl (C=O) groups excluding carboxylic acids is 1. The second kappa shape index (κ2) is 8.34. The molecular formula is C22H20F3N3O. The Morgan fingerprint density at radius 2 is 1.72 bits per heavy atom. The third kappa shape index (κ3) is 4.93. The van der Waals surface area contributed by atoms with Crippen LogP contribution >= 0.6 is 0 Å². The Morgan fingerprint density at radius 1 is 1.07 bits per heavy atom. The van der Waals surface area contributed by atoms with Crippen LogP contribution in [0.5, 0.6) is 0 Å². The molecule has 0 radical (unpaired) electrons. The second-order valence-electron chi connectivity index (χ2n) is 6.83. The lowest BCUT2D eigenvalue weighted by atomic mass is 10.0. The third-order valence-electron chi connectivity index (χ3n) is 4.38. The van der Waals surface area contributed by atoms with Crippen LogP contribution in [0.25, 0.3) is 17.2 Å². The first kappa shape index (κ1) is 20.4. The van der Waals surface area contributed by atoms with Crippen LogP contribution in [-0.4, -0.2) is 16.1 Å². The minimum absolute atomic E-state index is 0.173. The molecule has 1 heterocycles. The fourth-order valence-corrected chi connectivity index (χ4v) is 2.85. The molecule has 0 aliphatic rings. The van der Waals surface area contributed by atoms with Crippen LogP contribution in [0.15, 0.2) is 60.7 Å². The van der Waals surface area contributed by atoms with E-state index in [9.17, 15) is 18.0 Å². The topological polar surface area (TPSA) is 57.8 Å². The van der Waals surface area contributed by atoms with Crippen molar-refractivity contribution in [2.24, 2.45) is 0 Å². The quantitative estimate of drug-likeness (QED) is 0.527. The van der Waals surface area contributed by atoms with Crippen LogP contribution < -0.4 is 5.32 Å². The summed E-state index contributed by atoms with van der Waals surface area (Å²) in [6.45, 7) is 4.17. The molecule has 1 aromatic heterocycles. The van der Waals surface area contributed by atoms with Gasteiger partial charge < -0.3 is 5.32 Å². The summed E-state index contributed by atoms with van der Waals surface area (Å²) in [6, 6.07) is 15.7. The largest absolute Gasteiger partial charge is 0.433 e. The molecular weight excluding hydrogens is 379 g/mol. The number of benzene rings is 2. The fourth-order valence-electron chi connectivity index (χ4n) is 2.85. The van der Waals surface area contributed by atoms with Gasteiger partial charge in [-0.2, -0.15) is 18.3 Å². The van der Waals surface area contributed by atoms with Gasteiger partial charge in [-0.05, 0) is 28.7 Å². The number of amides is 1. The summed E-state index contributed by atoms with van der Waals surface area (Å²) in [6.07, 6.45) is -1.77. The number of hydrogen-bond donors (Lipinski definition) is 2. The second-order valence-corrected chi connectivity index (χ2v) is 6.83. The summed E-state index contributed by atoms with van der Waals surface area (Å²) in [5, 5.41) is 8.10. The standard InChI is InChI=1S/C22H20F3N3O/c1-14(2)16-11-8-15(9-12-16)10-13-18(29)26-21-19(17-6-4-3-5-7-17)20(27-28-21)22(23,24)25/h3-14H,1-2H3,(H2,26,27,28,29)/b13-10+. The summed E-state index contributed by atoms with van der Waals surface area (Å²) in [7, 11) is 0. The van der Waals surface area contributed by atoms with Gasteiger partial charge in [0, 0.05) is 6.08 Å². The molecule has 1 amide bonds. The summed E-state index contributed by atoms with van der Waals surface area (Å²) in [4.78, 5) is 12.3. The van der Waals surface area contributed by atoms with Crippen molar-refractivity contribution in [1.82, 2.24) is 10.2 Å². The number of rotatable bonds is 5. The molecule has 2 N–H and O–H groups in total. The molecule has 0 unspecified atom stereocenters. The van der Waals surface area contributed by atoms with Gasteiger partial charge in [0.1, 0.15) is 5.69 Å². The van der Waals surface area contributed by atoms with Crippen molar-refractivity contribution < 1.29 is 18.0 Å². The number of nitrogens with zero attached hydrogens (tertiary/aromatic N) is 1. The van der Waals surface area contributed by atoms with Crippen molar-refractivity contribution in [2.45, 2.75) is 25.9 Å². The van der Waals surface area contributed by atoms with Crippen molar-refractivity contribution >= 4 is 17.8 Å². The lowest BCUT2D eigenvalue weighted by Gasteiger charge is -2.09. The minimum atomic E-state index is -4.63. The molecule has 7 heteroatoms.